The molecule has 1 atom stereocenters. The molecule has 1 aromatic carbocycles. The Bertz CT molecular complexity index is 648. The van der Waals surface area contributed by atoms with Crippen molar-refractivity contribution in [1.82, 2.24) is 4.98 Å². The molecule has 88 valence electrons. The van der Waals surface area contributed by atoms with Crippen molar-refractivity contribution in [1.29, 1.82) is 0 Å². The lowest BCUT2D eigenvalue weighted by Crippen LogP contribution is -2.24. The van der Waals surface area contributed by atoms with Crippen LogP contribution in [0.15, 0.2) is 29.1 Å². The Hall–Kier alpha value is -2.34. The molecule has 0 radical (unpaired) electrons. The summed E-state index contributed by atoms with van der Waals surface area (Å²) in [4.78, 5) is 25.0. The van der Waals surface area contributed by atoms with Gasteiger partial charge in [0.25, 0.3) is 11.5 Å². The molecule has 6 nitrogen and oxygen atoms in total. The summed E-state index contributed by atoms with van der Waals surface area (Å²) in [5.74, 6) is -0.936. The second-order valence-corrected chi connectivity index (χ2v) is 3.67. The zero-order valence-electron chi connectivity index (χ0n) is 8.81. The molecule has 6 N–H and O–H groups in total. The number of carbonyl (C=O) groups is 1. The third-order valence-corrected chi connectivity index (χ3v) is 2.51. The zero-order chi connectivity index (χ0) is 12.6. The van der Waals surface area contributed by atoms with E-state index in [4.69, 9.17) is 11.5 Å². The van der Waals surface area contributed by atoms with Crippen molar-refractivity contribution >= 4 is 22.4 Å². The fraction of sp³-hybridized carbons (Fsp3) is 0.0909. The van der Waals surface area contributed by atoms with Crippen LogP contribution in [0, 0.1) is 0 Å². The van der Waals surface area contributed by atoms with Crippen LogP contribution in [-0.4, -0.2) is 16.0 Å². The molecule has 0 aliphatic heterocycles. The van der Waals surface area contributed by atoms with Gasteiger partial charge in [-0.2, -0.15) is 0 Å². The minimum atomic E-state index is -1.55. The summed E-state index contributed by atoms with van der Waals surface area (Å²) in [6.45, 7) is 0. The number of nitrogens with two attached hydrogens (primary N) is 2. The lowest BCUT2D eigenvalue weighted by atomic mass is 10.1. The third kappa shape index (κ3) is 1.85. The number of carbonyl (C=O) groups excluding carboxylic acids is 1. The van der Waals surface area contributed by atoms with Gasteiger partial charge in [0.1, 0.15) is 0 Å². The number of nitrogens with one attached hydrogen (secondary N) is 1. The van der Waals surface area contributed by atoms with Crippen LogP contribution in [0.1, 0.15) is 11.8 Å². The van der Waals surface area contributed by atoms with Crippen LogP contribution in [0.4, 0.5) is 5.69 Å². The Labute approximate surface area is 95.9 Å². The minimum Gasteiger partial charge on any atom is -0.398 e. The number of hydrogen-bond donors (Lipinski definition) is 4. The largest absolute Gasteiger partial charge is 0.398 e. The molecule has 0 aliphatic carbocycles. The quantitative estimate of drug-likeness (QED) is 0.528. The van der Waals surface area contributed by atoms with Crippen LogP contribution in [0.2, 0.25) is 0 Å². The molecule has 1 aromatic heterocycles. The normalized spacial score (nSPS) is 12.5. The molecular weight excluding hydrogens is 222 g/mol. The topological polar surface area (TPSA) is 122 Å². The van der Waals surface area contributed by atoms with Gasteiger partial charge in [-0.1, -0.05) is 6.07 Å². The highest BCUT2D eigenvalue weighted by molar-refractivity contribution is 5.93. The molecule has 2 aromatic rings. The molecule has 2 rings (SSSR count). The van der Waals surface area contributed by atoms with Gasteiger partial charge in [-0.15, -0.1) is 0 Å². The molecule has 0 fully saturated rings. The number of benzene rings is 1. The van der Waals surface area contributed by atoms with E-state index < -0.39 is 17.6 Å². The molecule has 1 unspecified atom stereocenters. The standard InChI is InChI=1S/C11H11N3O3/c12-7-3-1-2-5-6(7)4-8(14-11(5)17)9(15)10(13)16/h1-4,9,15H,12H2,(H2,13,16)(H,14,17). The van der Waals surface area contributed by atoms with Gasteiger partial charge in [-0.3, -0.25) is 9.59 Å². The first kappa shape index (κ1) is 11.2. The van der Waals surface area contributed by atoms with Crippen LogP contribution in [0.25, 0.3) is 10.8 Å². The Balaban J connectivity index is 2.75. The number of rotatable bonds is 2. The monoisotopic (exact) mass is 233 g/mol. The van der Waals surface area contributed by atoms with Crippen LogP contribution in [0.3, 0.4) is 0 Å². The van der Waals surface area contributed by atoms with E-state index in [1.165, 1.54) is 6.07 Å². The molecule has 0 saturated carbocycles. The van der Waals surface area contributed by atoms with Gasteiger partial charge in [-0.25, -0.2) is 0 Å². The van der Waals surface area contributed by atoms with Crippen LogP contribution >= 0.6 is 0 Å². The molecule has 17 heavy (non-hydrogen) atoms. The van der Waals surface area contributed by atoms with Crippen molar-refractivity contribution in [3.8, 4) is 0 Å². The second-order valence-electron chi connectivity index (χ2n) is 3.67. The predicted molar refractivity (Wildman–Crippen MR) is 63.1 cm³/mol. The minimum absolute atomic E-state index is 0.0351. The van der Waals surface area contributed by atoms with Gasteiger partial charge >= 0.3 is 0 Å². The van der Waals surface area contributed by atoms with Crippen molar-refractivity contribution in [2.24, 2.45) is 5.73 Å². The van der Waals surface area contributed by atoms with Gasteiger partial charge in [-0.05, 0) is 18.2 Å². The third-order valence-electron chi connectivity index (χ3n) is 2.51. The highest BCUT2D eigenvalue weighted by atomic mass is 16.3. The van der Waals surface area contributed by atoms with E-state index in [0.29, 0.717) is 16.5 Å². The summed E-state index contributed by atoms with van der Waals surface area (Å²) in [6.07, 6.45) is -1.55. The van der Waals surface area contributed by atoms with Gasteiger partial charge in [0.05, 0.1) is 5.69 Å². The maximum absolute atomic E-state index is 11.7. The molecule has 0 spiro atoms. The number of primary amides is 1. The molecular formula is C11H11N3O3. The molecule has 0 saturated heterocycles. The highest BCUT2D eigenvalue weighted by Gasteiger charge is 2.16. The average Bonchev–Trinajstić information content (AvgIpc) is 2.29. The fourth-order valence-corrected chi connectivity index (χ4v) is 1.63. The van der Waals surface area contributed by atoms with Gasteiger partial charge < -0.3 is 21.6 Å². The number of aromatic nitrogens is 1. The first-order chi connectivity index (χ1) is 8.00. The molecule has 0 bridgehead atoms. The fourth-order valence-electron chi connectivity index (χ4n) is 1.63. The van der Waals surface area contributed by atoms with Crippen molar-refractivity contribution in [3.63, 3.8) is 0 Å². The van der Waals surface area contributed by atoms with E-state index in [-0.39, 0.29) is 5.69 Å². The Morgan fingerprint density at radius 3 is 2.71 bits per heavy atom. The number of pyridine rings is 1. The van der Waals surface area contributed by atoms with E-state index in [9.17, 15) is 14.7 Å². The van der Waals surface area contributed by atoms with E-state index >= 15 is 0 Å². The van der Waals surface area contributed by atoms with Gasteiger partial charge in [0.2, 0.25) is 0 Å². The van der Waals surface area contributed by atoms with Crippen LogP contribution in [-0.2, 0) is 4.79 Å². The molecule has 1 amide bonds. The summed E-state index contributed by atoms with van der Waals surface area (Å²) in [7, 11) is 0. The van der Waals surface area contributed by atoms with Crippen molar-refractivity contribution in [2.45, 2.75) is 6.10 Å². The highest BCUT2D eigenvalue weighted by Crippen LogP contribution is 2.20. The number of nitrogen functional groups attached to an aromatic ring is 1. The number of H-pyrrole nitrogens is 1. The van der Waals surface area contributed by atoms with Crippen LogP contribution < -0.4 is 17.0 Å². The van der Waals surface area contributed by atoms with Gasteiger partial charge in [0.15, 0.2) is 6.10 Å². The maximum Gasteiger partial charge on any atom is 0.256 e. The van der Waals surface area contributed by atoms with Crippen molar-refractivity contribution in [3.05, 3.63) is 40.3 Å². The van der Waals surface area contributed by atoms with E-state index in [1.807, 2.05) is 0 Å². The Kier molecular flexibility index (Phi) is 2.57. The van der Waals surface area contributed by atoms with Crippen LogP contribution in [0.5, 0.6) is 0 Å². The molecule has 6 heteroatoms. The predicted octanol–water partition coefficient (Wildman–Crippen LogP) is -0.371. The number of aromatic amines is 1. The number of amides is 1. The second kappa shape index (κ2) is 3.91. The van der Waals surface area contributed by atoms with E-state index in [0.717, 1.165) is 0 Å². The number of fused-ring (bicyclic) bond motifs is 1. The van der Waals surface area contributed by atoms with Gasteiger partial charge in [0, 0.05) is 16.5 Å². The van der Waals surface area contributed by atoms with E-state index in [1.54, 1.807) is 18.2 Å². The summed E-state index contributed by atoms with van der Waals surface area (Å²) in [6, 6.07) is 6.33. The lowest BCUT2D eigenvalue weighted by Gasteiger charge is -2.08. The Morgan fingerprint density at radius 1 is 1.35 bits per heavy atom. The molecule has 0 aliphatic rings. The summed E-state index contributed by atoms with van der Waals surface area (Å²) >= 11 is 0. The first-order valence-electron chi connectivity index (χ1n) is 4.89. The molecule has 1 heterocycles. The summed E-state index contributed by atoms with van der Waals surface area (Å²) in [5, 5.41) is 10.4. The summed E-state index contributed by atoms with van der Waals surface area (Å²) in [5.41, 5.74) is 10.7. The Morgan fingerprint density at radius 2 is 2.06 bits per heavy atom. The lowest BCUT2D eigenvalue weighted by molar-refractivity contribution is -0.126. The number of aliphatic hydroxyl groups excluding tert-OH is 1. The SMILES string of the molecule is NC(=O)C(O)c1cc2c(N)cccc2c(=O)[nH]1. The maximum atomic E-state index is 11.7. The van der Waals surface area contributed by atoms with Crippen molar-refractivity contribution < 1.29 is 9.90 Å². The number of hydrogen-bond acceptors (Lipinski definition) is 4. The first-order valence-corrected chi connectivity index (χ1v) is 4.89. The summed E-state index contributed by atoms with van der Waals surface area (Å²) < 4.78 is 0. The number of aliphatic hydroxyl groups is 1. The van der Waals surface area contributed by atoms with Crippen molar-refractivity contribution in [2.75, 3.05) is 5.73 Å². The smallest absolute Gasteiger partial charge is 0.256 e. The zero-order valence-corrected chi connectivity index (χ0v) is 8.81. The van der Waals surface area contributed by atoms with E-state index in [2.05, 4.69) is 4.98 Å². The number of anilines is 1. The average molecular weight is 233 g/mol.